The van der Waals surface area contributed by atoms with E-state index in [9.17, 15) is 13.2 Å². The number of rotatable bonds is 1. The van der Waals surface area contributed by atoms with Crippen molar-refractivity contribution in [3.63, 3.8) is 0 Å². The SMILES string of the molecule is [C-]#[N+][C@@H]1C[C@@H]2CN(c3ccc(C(F)(F)F)cc3)c3cccnc3N2C1. The predicted octanol–water partition coefficient (Wildman–Crippen LogP) is 4.12. The molecule has 0 aliphatic carbocycles. The van der Waals surface area contributed by atoms with E-state index >= 15 is 0 Å². The smallest absolute Gasteiger partial charge is 0.342 e. The monoisotopic (exact) mass is 344 g/mol. The molecule has 2 aliphatic heterocycles. The molecule has 128 valence electrons. The van der Waals surface area contributed by atoms with Crippen molar-refractivity contribution in [2.45, 2.75) is 24.7 Å². The summed E-state index contributed by atoms with van der Waals surface area (Å²) >= 11 is 0. The van der Waals surface area contributed by atoms with Gasteiger partial charge >= 0.3 is 6.18 Å². The molecular formula is C18H15F3N4. The molecule has 0 bridgehead atoms. The molecule has 2 aromatic rings. The maximum Gasteiger partial charge on any atom is 0.416 e. The molecule has 4 nitrogen and oxygen atoms in total. The zero-order chi connectivity index (χ0) is 17.6. The summed E-state index contributed by atoms with van der Waals surface area (Å²) in [4.78, 5) is 12.3. The van der Waals surface area contributed by atoms with Crippen LogP contribution in [0.5, 0.6) is 0 Å². The molecule has 1 fully saturated rings. The van der Waals surface area contributed by atoms with Gasteiger partial charge in [0.1, 0.15) is 0 Å². The van der Waals surface area contributed by atoms with Gasteiger partial charge < -0.3 is 14.6 Å². The number of hydrogen-bond donors (Lipinski definition) is 0. The van der Waals surface area contributed by atoms with Gasteiger partial charge in [0.05, 0.1) is 23.8 Å². The molecule has 3 heterocycles. The van der Waals surface area contributed by atoms with E-state index in [2.05, 4.69) is 14.7 Å². The molecule has 1 aromatic heterocycles. The Morgan fingerprint density at radius 1 is 1.12 bits per heavy atom. The third-order valence-electron chi connectivity index (χ3n) is 4.80. The van der Waals surface area contributed by atoms with E-state index < -0.39 is 11.7 Å². The summed E-state index contributed by atoms with van der Waals surface area (Å²) in [6.07, 6.45) is -1.89. The molecule has 0 spiro atoms. The topological polar surface area (TPSA) is 23.7 Å². The Morgan fingerprint density at radius 2 is 1.88 bits per heavy atom. The van der Waals surface area contributed by atoms with E-state index in [4.69, 9.17) is 6.57 Å². The highest BCUT2D eigenvalue weighted by Gasteiger charge is 2.42. The largest absolute Gasteiger partial charge is 0.416 e. The molecule has 0 amide bonds. The zero-order valence-corrected chi connectivity index (χ0v) is 13.2. The van der Waals surface area contributed by atoms with Crippen LogP contribution in [0.15, 0.2) is 42.6 Å². The van der Waals surface area contributed by atoms with Crippen LogP contribution in [0, 0.1) is 6.57 Å². The van der Waals surface area contributed by atoms with Crippen LogP contribution in [0.3, 0.4) is 0 Å². The fourth-order valence-corrected chi connectivity index (χ4v) is 3.62. The average molecular weight is 344 g/mol. The van der Waals surface area contributed by atoms with Gasteiger partial charge in [0.15, 0.2) is 5.82 Å². The molecule has 1 aromatic carbocycles. The second kappa shape index (κ2) is 5.66. The Morgan fingerprint density at radius 3 is 2.56 bits per heavy atom. The van der Waals surface area contributed by atoms with Crippen molar-refractivity contribution in [1.82, 2.24) is 4.98 Å². The molecule has 0 radical (unpaired) electrons. The van der Waals surface area contributed by atoms with Crippen LogP contribution in [0.4, 0.5) is 30.4 Å². The summed E-state index contributed by atoms with van der Waals surface area (Å²) in [5.74, 6) is 0.796. The second-order valence-corrected chi connectivity index (χ2v) is 6.33. The first-order valence-electron chi connectivity index (χ1n) is 8.00. The van der Waals surface area contributed by atoms with Gasteiger partial charge in [-0.3, -0.25) is 0 Å². The minimum Gasteiger partial charge on any atom is -0.342 e. The minimum atomic E-state index is -4.34. The lowest BCUT2D eigenvalue weighted by Gasteiger charge is -2.39. The molecule has 0 unspecified atom stereocenters. The molecule has 1 saturated heterocycles. The van der Waals surface area contributed by atoms with Crippen molar-refractivity contribution in [3.8, 4) is 0 Å². The molecule has 25 heavy (non-hydrogen) atoms. The fourth-order valence-electron chi connectivity index (χ4n) is 3.62. The number of anilines is 3. The Labute approximate surface area is 143 Å². The van der Waals surface area contributed by atoms with Crippen molar-refractivity contribution >= 4 is 17.2 Å². The molecule has 4 rings (SSSR count). The first kappa shape index (κ1) is 15.8. The normalized spacial score (nSPS) is 22.3. The van der Waals surface area contributed by atoms with Gasteiger partial charge in [-0.2, -0.15) is 13.2 Å². The van der Waals surface area contributed by atoms with Gasteiger partial charge in [-0.25, -0.2) is 11.6 Å². The van der Waals surface area contributed by atoms with Crippen LogP contribution in [-0.2, 0) is 6.18 Å². The van der Waals surface area contributed by atoms with Crippen molar-refractivity contribution < 1.29 is 13.2 Å². The van der Waals surface area contributed by atoms with Gasteiger partial charge in [-0.15, -0.1) is 0 Å². The van der Waals surface area contributed by atoms with Gasteiger partial charge in [-0.05, 0) is 36.4 Å². The second-order valence-electron chi connectivity index (χ2n) is 6.33. The third kappa shape index (κ3) is 2.68. The Balaban J connectivity index is 1.72. The first-order valence-corrected chi connectivity index (χ1v) is 8.00. The Bertz CT molecular complexity index is 825. The number of nitrogens with zero attached hydrogens (tertiary/aromatic N) is 4. The van der Waals surface area contributed by atoms with Crippen molar-refractivity contribution in [1.29, 1.82) is 0 Å². The van der Waals surface area contributed by atoms with Crippen LogP contribution < -0.4 is 9.80 Å². The summed E-state index contributed by atoms with van der Waals surface area (Å²) in [5, 5.41) is 0. The van der Waals surface area contributed by atoms with E-state index in [1.165, 1.54) is 12.1 Å². The Kier molecular flexibility index (Phi) is 3.57. The van der Waals surface area contributed by atoms with E-state index in [1.54, 1.807) is 6.20 Å². The quantitative estimate of drug-likeness (QED) is 0.727. The van der Waals surface area contributed by atoms with Crippen LogP contribution in [0.1, 0.15) is 12.0 Å². The summed E-state index contributed by atoms with van der Waals surface area (Å²) in [7, 11) is 0. The van der Waals surface area contributed by atoms with E-state index in [-0.39, 0.29) is 12.1 Å². The third-order valence-corrected chi connectivity index (χ3v) is 4.80. The number of fused-ring (bicyclic) bond motifs is 3. The zero-order valence-electron chi connectivity index (χ0n) is 13.2. The lowest BCUT2D eigenvalue weighted by molar-refractivity contribution is -0.137. The number of pyridine rings is 1. The minimum absolute atomic E-state index is 0.0626. The average Bonchev–Trinajstić information content (AvgIpc) is 3.04. The number of hydrogen-bond acceptors (Lipinski definition) is 3. The summed E-state index contributed by atoms with van der Waals surface area (Å²) in [6.45, 7) is 8.58. The van der Waals surface area contributed by atoms with Crippen LogP contribution in [0.25, 0.3) is 4.85 Å². The Hall–Kier alpha value is -2.75. The van der Waals surface area contributed by atoms with Crippen molar-refractivity contribution in [2.24, 2.45) is 0 Å². The van der Waals surface area contributed by atoms with Crippen LogP contribution in [-0.4, -0.2) is 30.2 Å². The number of benzene rings is 1. The molecule has 7 heteroatoms. The highest BCUT2D eigenvalue weighted by Crippen LogP contribution is 2.42. The predicted molar refractivity (Wildman–Crippen MR) is 88.8 cm³/mol. The number of alkyl halides is 3. The molecule has 2 atom stereocenters. The molecular weight excluding hydrogens is 329 g/mol. The number of halogens is 3. The highest BCUT2D eigenvalue weighted by atomic mass is 19.4. The van der Waals surface area contributed by atoms with Gasteiger partial charge in [0, 0.05) is 24.8 Å². The summed E-state index contributed by atoms with van der Waals surface area (Å²) < 4.78 is 38.4. The van der Waals surface area contributed by atoms with Crippen LogP contribution >= 0.6 is 0 Å². The van der Waals surface area contributed by atoms with Gasteiger partial charge in [0.25, 0.3) is 0 Å². The maximum atomic E-state index is 12.8. The van der Waals surface area contributed by atoms with Crippen LogP contribution in [0.2, 0.25) is 0 Å². The molecule has 0 N–H and O–H groups in total. The number of aromatic nitrogens is 1. The molecule has 2 aliphatic rings. The van der Waals surface area contributed by atoms with Gasteiger partial charge in [-0.1, -0.05) is 0 Å². The van der Waals surface area contributed by atoms with Gasteiger partial charge in [0.2, 0.25) is 6.04 Å². The van der Waals surface area contributed by atoms with Crippen molar-refractivity contribution in [2.75, 3.05) is 22.9 Å². The highest BCUT2D eigenvalue weighted by molar-refractivity contribution is 5.77. The first-order chi connectivity index (χ1) is 12.0. The summed E-state index contributed by atoms with van der Waals surface area (Å²) in [5.41, 5.74) is 0.910. The standard InChI is InChI=1S/C18H15F3N4/c1-22-13-9-15-11-24(14-6-4-12(5-7-14)18(19,20)21)16-3-2-8-23-17(16)25(15)10-13/h2-8,13,15H,9-11H2/t13-,15-/m1/s1. The fraction of sp³-hybridized carbons (Fsp3) is 0.333. The maximum absolute atomic E-state index is 12.8. The van der Waals surface area contributed by atoms with E-state index in [0.717, 1.165) is 30.1 Å². The summed E-state index contributed by atoms with van der Waals surface area (Å²) in [6, 6.07) is 9.02. The lowest BCUT2D eigenvalue weighted by Crippen LogP contribution is -2.44. The van der Waals surface area contributed by atoms with Crippen molar-refractivity contribution in [3.05, 3.63) is 59.6 Å². The lowest BCUT2D eigenvalue weighted by atomic mass is 10.1. The van der Waals surface area contributed by atoms with E-state index in [0.29, 0.717) is 18.8 Å². The molecule has 0 saturated carbocycles. The van der Waals surface area contributed by atoms with E-state index in [1.807, 2.05) is 17.0 Å².